The molecule has 29 heavy (non-hydrogen) atoms. The average Bonchev–Trinajstić information content (AvgIpc) is 3.38. The fraction of sp³-hybridized carbons (Fsp3) is 0.294. The molecule has 3 aromatic heterocycles. The van der Waals surface area contributed by atoms with Crippen molar-refractivity contribution in [1.82, 2.24) is 35.4 Å². The van der Waals surface area contributed by atoms with Crippen LogP contribution in [0.2, 0.25) is 5.02 Å². The number of aromatic nitrogens is 6. The van der Waals surface area contributed by atoms with Crippen molar-refractivity contribution in [3.8, 4) is 0 Å². The number of fused-ring (bicyclic) bond motifs is 2. The standard InChI is InChI=1S/C17H16ClN9OS/c18-11-1-2-12-13(7-11)29-17(20-12)23-22-16(28)10-3-5-26(6-4-10)15-9-19-8-14-21-24-25-27(14)15/h1-2,7-10H,3-6H2,(H,20,23)(H,22,28). The molecule has 4 heterocycles. The molecular weight excluding hydrogens is 414 g/mol. The fourth-order valence-corrected chi connectivity index (χ4v) is 4.51. The maximum atomic E-state index is 12.6. The Morgan fingerprint density at radius 2 is 2.10 bits per heavy atom. The van der Waals surface area contributed by atoms with E-state index in [9.17, 15) is 4.79 Å². The maximum Gasteiger partial charge on any atom is 0.241 e. The Kier molecular flexibility index (Phi) is 4.60. The number of amides is 1. The number of nitrogens with one attached hydrogen (secondary N) is 2. The van der Waals surface area contributed by atoms with Crippen LogP contribution in [0, 0.1) is 5.92 Å². The molecule has 0 atom stereocenters. The van der Waals surface area contributed by atoms with Gasteiger partial charge in [-0.1, -0.05) is 22.9 Å². The summed E-state index contributed by atoms with van der Waals surface area (Å²) in [5.74, 6) is 0.710. The first kappa shape index (κ1) is 18.0. The van der Waals surface area contributed by atoms with Crippen LogP contribution in [0.15, 0.2) is 30.6 Å². The minimum atomic E-state index is -0.0800. The lowest BCUT2D eigenvalue weighted by Gasteiger charge is -2.32. The minimum absolute atomic E-state index is 0.0410. The second-order valence-corrected chi connectivity index (χ2v) is 8.19. The van der Waals surface area contributed by atoms with E-state index < -0.39 is 0 Å². The molecule has 1 fully saturated rings. The lowest BCUT2D eigenvalue weighted by Crippen LogP contribution is -2.42. The molecule has 5 rings (SSSR count). The molecule has 0 bridgehead atoms. The number of anilines is 2. The van der Waals surface area contributed by atoms with Crippen molar-refractivity contribution in [3.63, 3.8) is 0 Å². The molecule has 148 valence electrons. The molecule has 0 radical (unpaired) electrons. The lowest BCUT2D eigenvalue weighted by atomic mass is 9.96. The summed E-state index contributed by atoms with van der Waals surface area (Å²) in [6.45, 7) is 1.44. The van der Waals surface area contributed by atoms with E-state index in [1.165, 1.54) is 11.3 Å². The van der Waals surface area contributed by atoms with Crippen LogP contribution in [0.25, 0.3) is 15.9 Å². The van der Waals surface area contributed by atoms with Crippen molar-refractivity contribution in [2.24, 2.45) is 5.92 Å². The van der Waals surface area contributed by atoms with Gasteiger partial charge in [-0.2, -0.15) is 4.52 Å². The van der Waals surface area contributed by atoms with Crippen molar-refractivity contribution < 1.29 is 4.79 Å². The molecular formula is C17H16ClN9OS. The van der Waals surface area contributed by atoms with Gasteiger partial charge in [-0.05, 0) is 41.5 Å². The monoisotopic (exact) mass is 429 g/mol. The average molecular weight is 430 g/mol. The molecule has 1 aliphatic heterocycles. The van der Waals surface area contributed by atoms with Crippen LogP contribution in [0.5, 0.6) is 0 Å². The Balaban J connectivity index is 1.19. The highest BCUT2D eigenvalue weighted by atomic mass is 35.5. The molecule has 1 aromatic carbocycles. The Hall–Kier alpha value is -3.05. The van der Waals surface area contributed by atoms with Crippen molar-refractivity contribution in [2.75, 3.05) is 23.4 Å². The molecule has 0 aliphatic carbocycles. The van der Waals surface area contributed by atoms with Gasteiger partial charge in [-0.25, -0.2) is 4.98 Å². The first-order valence-electron chi connectivity index (χ1n) is 9.06. The maximum absolute atomic E-state index is 12.6. The Labute approximate surface area is 173 Å². The molecule has 1 saturated heterocycles. The number of rotatable bonds is 4. The molecule has 0 saturated carbocycles. The number of nitrogens with zero attached hydrogens (tertiary/aromatic N) is 7. The van der Waals surface area contributed by atoms with Gasteiger partial charge >= 0.3 is 0 Å². The third-order valence-electron chi connectivity index (χ3n) is 4.92. The van der Waals surface area contributed by atoms with Crippen molar-refractivity contribution in [1.29, 1.82) is 0 Å². The largest absolute Gasteiger partial charge is 0.355 e. The van der Waals surface area contributed by atoms with Gasteiger partial charge in [0.05, 0.1) is 22.6 Å². The van der Waals surface area contributed by atoms with Gasteiger partial charge in [0.1, 0.15) is 0 Å². The van der Waals surface area contributed by atoms with Gasteiger partial charge in [0.2, 0.25) is 11.0 Å². The van der Waals surface area contributed by atoms with Gasteiger partial charge in [0, 0.05) is 24.0 Å². The zero-order valence-corrected chi connectivity index (χ0v) is 16.7. The summed E-state index contributed by atoms with van der Waals surface area (Å²) in [6.07, 6.45) is 4.80. The summed E-state index contributed by atoms with van der Waals surface area (Å²) in [7, 11) is 0. The summed E-state index contributed by atoms with van der Waals surface area (Å²) < 4.78 is 2.63. The summed E-state index contributed by atoms with van der Waals surface area (Å²) >= 11 is 7.45. The highest BCUT2D eigenvalue weighted by molar-refractivity contribution is 7.22. The van der Waals surface area contributed by atoms with Crippen LogP contribution < -0.4 is 15.8 Å². The second-order valence-electron chi connectivity index (χ2n) is 6.72. The number of hydrogen-bond donors (Lipinski definition) is 2. The van der Waals surface area contributed by atoms with Gasteiger partial charge in [-0.15, -0.1) is 5.10 Å². The third kappa shape index (κ3) is 3.54. The van der Waals surface area contributed by atoms with E-state index in [-0.39, 0.29) is 11.8 Å². The number of hydrazine groups is 1. The molecule has 10 nitrogen and oxygen atoms in total. The van der Waals surface area contributed by atoms with E-state index in [1.807, 2.05) is 12.1 Å². The van der Waals surface area contributed by atoms with E-state index in [1.54, 1.807) is 23.0 Å². The second kappa shape index (κ2) is 7.41. The third-order valence-corrected chi connectivity index (χ3v) is 6.09. The first-order chi connectivity index (χ1) is 14.2. The number of piperidine rings is 1. The summed E-state index contributed by atoms with van der Waals surface area (Å²) in [5, 5.41) is 12.9. The summed E-state index contributed by atoms with van der Waals surface area (Å²) in [5.41, 5.74) is 7.15. The number of hydrogen-bond acceptors (Lipinski definition) is 9. The van der Waals surface area contributed by atoms with Gasteiger partial charge in [-0.3, -0.25) is 20.6 Å². The van der Waals surface area contributed by atoms with E-state index >= 15 is 0 Å². The number of benzene rings is 1. The quantitative estimate of drug-likeness (QED) is 0.474. The first-order valence-corrected chi connectivity index (χ1v) is 10.3. The van der Waals surface area contributed by atoms with E-state index in [0.29, 0.717) is 15.8 Å². The fourth-order valence-electron chi connectivity index (χ4n) is 3.42. The SMILES string of the molecule is O=C(NNc1nc2ccc(Cl)cc2s1)C1CCN(c2cncc3nnnn23)CC1. The summed E-state index contributed by atoms with van der Waals surface area (Å²) in [4.78, 5) is 23.3. The van der Waals surface area contributed by atoms with Crippen molar-refractivity contribution >= 4 is 55.7 Å². The molecule has 2 N–H and O–H groups in total. The molecule has 0 spiro atoms. The minimum Gasteiger partial charge on any atom is -0.355 e. The Morgan fingerprint density at radius 1 is 1.24 bits per heavy atom. The number of halogens is 1. The van der Waals surface area contributed by atoms with Gasteiger partial charge < -0.3 is 4.90 Å². The number of tetrazole rings is 1. The molecule has 0 unspecified atom stereocenters. The number of carbonyl (C=O) groups is 1. The van der Waals surface area contributed by atoms with Crippen LogP contribution in [0.4, 0.5) is 10.9 Å². The van der Waals surface area contributed by atoms with Crippen LogP contribution in [0.3, 0.4) is 0 Å². The Morgan fingerprint density at radius 3 is 2.97 bits per heavy atom. The molecule has 12 heteroatoms. The van der Waals surface area contributed by atoms with Gasteiger partial charge in [0.25, 0.3) is 0 Å². The predicted molar refractivity (Wildman–Crippen MR) is 110 cm³/mol. The highest BCUT2D eigenvalue weighted by Gasteiger charge is 2.26. The van der Waals surface area contributed by atoms with E-state index in [4.69, 9.17) is 11.6 Å². The topological polar surface area (TPSA) is 113 Å². The normalized spacial score (nSPS) is 15.1. The number of carbonyl (C=O) groups excluding carboxylic acids is 1. The molecule has 1 aliphatic rings. The smallest absolute Gasteiger partial charge is 0.241 e. The van der Waals surface area contributed by atoms with Crippen LogP contribution in [-0.2, 0) is 4.79 Å². The summed E-state index contributed by atoms with van der Waals surface area (Å²) in [6, 6.07) is 5.51. The van der Waals surface area contributed by atoms with Crippen LogP contribution in [-0.4, -0.2) is 49.0 Å². The van der Waals surface area contributed by atoms with Gasteiger partial charge in [0.15, 0.2) is 11.5 Å². The Bertz CT molecular complexity index is 1180. The lowest BCUT2D eigenvalue weighted by molar-refractivity contribution is -0.125. The molecule has 1 amide bonds. The highest BCUT2D eigenvalue weighted by Crippen LogP contribution is 2.28. The van der Waals surface area contributed by atoms with Crippen LogP contribution >= 0.6 is 22.9 Å². The molecule has 4 aromatic rings. The van der Waals surface area contributed by atoms with E-state index in [0.717, 1.165) is 42.0 Å². The van der Waals surface area contributed by atoms with Crippen molar-refractivity contribution in [3.05, 3.63) is 35.6 Å². The van der Waals surface area contributed by atoms with Crippen molar-refractivity contribution in [2.45, 2.75) is 12.8 Å². The predicted octanol–water partition coefficient (Wildman–Crippen LogP) is 2.14. The van der Waals surface area contributed by atoms with E-state index in [2.05, 4.69) is 41.2 Å². The zero-order valence-electron chi connectivity index (χ0n) is 15.1. The zero-order chi connectivity index (χ0) is 19.8. The van der Waals surface area contributed by atoms with Crippen LogP contribution in [0.1, 0.15) is 12.8 Å². The number of thiazole rings is 1.